The van der Waals surface area contributed by atoms with Crippen molar-refractivity contribution in [2.75, 3.05) is 16.9 Å². The highest BCUT2D eigenvalue weighted by Crippen LogP contribution is 2.26. The van der Waals surface area contributed by atoms with Gasteiger partial charge in [-0.1, -0.05) is 0 Å². The average molecular weight is 254 g/mol. The number of nitrogens with one attached hydrogen (secondary N) is 2. The van der Waals surface area contributed by atoms with Crippen LogP contribution in [0.5, 0.6) is 0 Å². The van der Waals surface area contributed by atoms with E-state index in [-0.39, 0.29) is 0 Å². The number of hydrazine groups is 1. The molecule has 0 bridgehead atoms. The minimum Gasteiger partial charge on any atom is -0.397 e. The summed E-state index contributed by atoms with van der Waals surface area (Å²) in [7, 11) is 0. The van der Waals surface area contributed by atoms with Crippen molar-refractivity contribution in [3.05, 3.63) is 36.4 Å². The third-order valence-electron chi connectivity index (χ3n) is 3.01. The zero-order chi connectivity index (χ0) is 13.4. The van der Waals surface area contributed by atoms with Crippen molar-refractivity contribution in [1.82, 2.24) is 9.97 Å². The molecule has 0 saturated heterocycles. The second-order valence-electron chi connectivity index (χ2n) is 4.31. The first-order valence-corrected chi connectivity index (χ1v) is 5.79. The molecule has 1 aromatic heterocycles. The molecule has 0 fully saturated rings. The number of H-pyrrole nitrogens is 1. The first-order valence-electron chi connectivity index (χ1n) is 5.79. The Labute approximate surface area is 109 Å². The van der Waals surface area contributed by atoms with Crippen molar-refractivity contribution in [3.63, 3.8) is 0 Å². The van der Waals surface area contributed by atoms with Gasteiger partial charge in [0.1, 0.15) is 5.82 Å². The predicted octanol–water partition coefficient (Wildman–Crippen LogP) is 1.68. The fourth-order valence-corrected chi connectivity index (χ4v) is 1.95. The summed E-state index contributed by atoms with van der Waals surface area (Å²) in [6, 6.07) is 11.1. The Morgan fingerprint density at radius 2 is 1.84 bits per heavy atom. The molecule has 0 saturated carbocycles. The van der Waals surface area contributed by atoms with Crippen LogP contribution in [-0.4, -0.2) is 9.97 Å². The molecule has 0 unspecified atom stereocenters. The molecule has 0 aliphatic carbocycles. The largest absolute Gasteiger partial charge is 0.397 e. The van der Waals surface area contributed by atoms with Crippen molar-refractivity contribution in [3.8, 4) is 11.4 Å². The molecule has 0 aliphatic heterocycles. The molecule has 2 aromatic carbocycles. The van der Waals surface area contributed by atoms with Crippen LogP contribution in [-0.2, 0) is 0 Å². The number of nitrogen functional groups attached to an aromatic ring is 3. The first kappa shape index (κ1) is 11.4. The number of benzene rings is 2. The number of fused-ring (bicyclic) bond motifs is 1. The normalized spacial score (nSPS) is 10.8. The van der Waals surface area contributed by atoms with Gasteiger partial charge in [0.15, 0.2) is 0 Å². The van der Waals surface area contributed by atoms with Crippen molar-refractivity contribution in [2.24, 2.45) is 5.84 Å². The number of aromatic amines is 1. The van der Waals surface area contributed by atoms with E-state index in [1.165, 1.54) is 0 Å². The summed E-state index contributed by atoms with van der Waals surface area (Å²) in [6.45, 7) is 0. The summed E-state index contributed by atoms with van der Waals surface area (Å²) in [6.07, 6.45) is 0. The van der Waals surface area contributed by atoms with Gasteiger partial charge in [0.25, 0.3) is 0 Å². The zero-order valence-corrected chi connectivity index (χ0v) is 10.1. The van der Waals surface area contributed by atoms with Crippen molar-refractivity contribution in [1.29, 1.82) is 0 Å². The Morgan fingerprint density at radius 3 is 2.58 bits per heavy atom. The quantitative estimate of drug-likeness (QED) is 0.271. The number of rotatable bonds is 2. The molecular weight excluding hydrogens is 240 g/mol. The molecule has 3 aromatic rings. The number of hydrogen-bond donors (Lipinski definition) is 5. The fourth-order valence-electron chi connectivity index (χ4n) is 1.95. The van der Waals surface area contributed by atoms with Crippen molar-refractivity contribution < 1.29 is 0 Å². The monoisotopic (exact) mass is 254 g/mol. The Hall–Kier alpha value is -2.73. The second kappa shape index (κ2) is 4.18. The van der Waals surface area contributed by atoms with Gasteiger partial charge < -0.3 is 21.9 Å². The van der Waals surface area contributed by atoms with Crippen molar-refractivity contribution in [2.45, 2.75) is 0 Å². The topological polar surface area (TPSA) is 119 Å². The highest BCUT2D eigenvalue weighted by Gasteiger charge is 2.07. The highest BCUT2D eigenvalue weighted by molar-refractivity contribution is 5.83. The third-order valence-corrected chi connectivity index (χ3v) is 3.01. The van der Waals surface area contributed by atoms with Gasteiger partial charge >= 0.3 is 0 Å². The van der Waals surface area contributed by atoms with E-state index in [4.69, 9.17) is 17.3 Å². The smallest absolute Gasteiger partial charge is 0.138 e. The van der Waals surface area contributed by atoms with E-state index in [2.05, 4.69) is 15.4 Å². The van der Waals surface area contributed by atoms with Crippen LogP contribution < -0.4 is 22.7 Å². The van der Waals surface area contributed by atoms with Gasteiger partial charge in [0, 0.05) is 5.56 Å². The van der Waals surface area contributed by atoms with Crippen LogP contribution in [0.25, 0.3) is 22.4 Å². The molecule has 1 heterocycles. The minimum absolute atomic E-state index is 0.544. The molecule has 96 valence electrons. The lowest BCUT2D eigenvalue weighted by Crippen LogP contribution is -2.05. The fraction of sp³-hybridized carbons (Fsp3) is 0. The molecule has 0 spiro atoms. The SMILES string of the molecule is NNc1ccc2[nH]c(-c3ccc(N)c(N)c3)nc2c1. The van der Waals surface area contributed by atoms with Gasteiger partial charge in [-0.15, -0.1) is 0 Å². The Morgan fingerprint density at radius 1 is 1.00 bits per heavy atom. The van der Waals surface area contributed by atoms with Crippen LogP contribution in [0, 0.1) is 0 Å². The van der Waals surface area contributed by atoms with E-state index >= 15 is 0 Å². The summed E-state index contributed by atoms with van der Waals surface area (Å²) in [5.41, 5.74) is 18.7. The van der Waals surface area contributed by atoms with E-state index in [0.29, 0.717) is 11.4 Å². The Bertz CT molecular complexity index is 746. The molecule has 6 nitrogen and oxygen atoms in total. The van der Waals surface area contributed by atoms with E-state index in [1.807, 2.05) is 24.3 Å². The van der Waals surface area contributed by atoms with Gasteiger partial charge in [-0.25, -0.2) is 4.98 Å². The summed E-state index contributed by atoms with van der Waals surface area (Å²) >= 11 is 0. The summed E-state index contributed by atoms with van der Waals surface area (Å²) in [4.78, 5) is 7.75. The molecule has 8 N–H and O–H groups in total. The first-order chi connectivity index (χ1) is 9.17. The van der Waals surface area contributed by atoms with Crippen LogP contribution in [0.2, 0.25) is 0 Å². The lowest BCUT2D eigenvalue weighted by molar-refractivity contribution is 1.33. The second-order valence-corrected chi connectivity index (χ2v) is 4.31. The van der Waals surface area contributed by atoms with Crippen molar-refractivity contribution >= 4 is 28.1 Å². The van der Waals surface area contributed by atoms with Gasteiger partial charge in [-0.05, 0) is 36.4 Å². The number of hydrogen-bond acceptors (Lipinski definition) is 5. The van der Waals surface area contributed by atoms with Crippen LogP contribution in [0.3, 0.4) is 0 Å². The molecular formula is C13H14N6. The van der Waals surface area contributed by atoms with Gasteiger partial charge in [0.2, 0.25) is 0 Å². The maximum absolute atomic E-state index is 5.80. The number of anilines is 3. The number of imidazole rings is 1. The van der Waals surface area contributed by atoms with Crippen LogP contribution >= 0.6 is 0 Å². The summed E-state index contributed by atoms with van der Waals surface area (Å²) in [5.74, 6) is 6.12. The van der Waals surface area contributed by atoms with Gasteiger partial charge in [-0.2, -0.15) is 0 Å². The average Bonchev–Trinajstić information content (AvgIpc) is 2.84. The van der Waals surface area contributed by atoms with Crippen LogP contribution in [0.15, 0.2) is 36.4 Å². The Kier molecular flexibility index (Phi) is 2.50. The maximum Gasteiger partial charge on any atom is 0.138 e. The van der Waals surface area contributed by atoms with E-state index in [1.54, 1.807) is 12.1 Å². The lowest BCUT2D eigenvalue weighted by Gasteiger charge is -2.01. The zero-order valence-electron chi connectivity index (χ0n) is 10.1. The molecule has 0 atom stereocenters. The van der Waals surface area contributed by atoms with E-state index in [0.717, 1.165) is 28.1 Å². The summed E-state index contributed by atoms with van der Waals surface area (Å²) in [5, 5.41) is 0. The van der Waals surface area contributed by atoms with Crippen LogP contribution in [0.1, 0.15) is 0 Å². The number of nitrogens with zero attached hydrogens (tertiary/aromatic N) is 1. The van der Waals surface area contributed by atoms with Crippen LogP contribution in [0.4, 0.5) is 17.1 Å². The van der Waals surface area contributed by atoms with E-state index in [9.17, 15) is 0 Å². The highest BCUT2D eigenvalue weighted by atomic mass is 15.2. The third kappa shape index (κ3) is 1.94. The standard InChI is InChI=1S/C13H14N6/c14-9-3-1-7(5-10(9)15)13-17-11-4-2-8(19-16)6-12(11)18-13/h1-6,19H,14-16H2,(H,17,18). The van der Waals surface area contributed by atoms with Gasteiger partial charge in [0.05, 0.1) is 28.1 Å². The maximum atomic E-state index is 5.80. The molecule has 3 rings (SSSR count). The lowest BCUT2D eigenvalue weighted by atomic mass is 10.1. The van der Waals surface area contributed by atoms with E-state index < -0.39 is 0 Å². The molecule has 6 heteroatoms. The minimum atomic E-state index is 0.544. The molecule has 0 amide bonds. The molecule has 0 radical (unpaired) electrons. The molecule has 19 heavy (non-hydrogen) atoms. The summed E-state index contributed by atoms with van der Waals surface area (Å²) < 4.78 is 0. The number of aromatic nitrogens is 2. The number of nitrogens with two attached hydrogens (primary N) is 3. The Balaban J connectivity index is 2.11. The van der Waals surface area contributed by atoms with Gasteiger partial charge in [-0.3, -0.25) is 5.84 Å². The predicted molar refractivity (Wildman–Crippen MR) is 78.2 cm³/mol. The molecule has 0 aliphatic rings.